The SMILES string of the molecule is CC[C@@H]1CCCCN1CCCNC(=O)[C@@H](C)Oc1cccc(OC)c1. The average Bonchev–Trinajstić information content (AvgIpc) is 2.65. The number of likely N-dealkylation sites (tertiary alicyclic amines) is 1. The van der Waals surface area contributed by atoms with Crippen molar-refractivity contribution in [2.45, 2.75) is 58.1 Å². The number of benzene rings is 1. The van der Waals surface area contributed by atoms with E-state index in [0.29, 0.717) is 12.3 Å². The molecule has 1 amide bonds. The first kappa shape index (κ1) is 19.6. The third-order valence-corrected chi connectivity index (χ3v) is 4.86. The Morgan fingerprint density at radius 2 is 2.16 bits per heavy atom. The van der Waals surface area contributed by atoms with E-state index in [-0.39, 0.29) is 5.91 Å². The summed E-state index contributed by atoms with van der Waals surface area (Å²) in [6.07, 6.45) is 5.64. The topological polar surface area (TPSA) is 50.8 Å². The highest BCUT2D eigenvalue weighted by molar-refractivity contribution is 5.80. The van der Waals surface area contributed by atoms with Gasteiger partial charge in [-0.15, -0.1) is 0 Å². The molecule has 1 N–H and O–H groups in total. The molecule has 2 rings (SSSR count). The molecule has 2 atom stereocenters. The summed E-state index contributed by atoms with van der Waals surface area (Å²) in [5.41, 5.74) is 0. The van der Waals surface area contributed by atoms with Crippen LogP contribution in [-0.4, -0.2) is 49.7 Å². The van der Waals surface area contributed by atoms with E-state index in [9.17, 15) is 4.79 Å². The van der Waals surface area contributed by atoms with Gasteiger partial charge in [0.1, 0.15) is 11.5 Å². The standard InChI is InChI=1S/C20H32N2O3/c1-4-17-9-5-6-13-22(17)14-8-12-21-20(23)16(2)25-19-11-7-10-18(15-19)24-3/h7,10-11,15-17H,4-6,8-9,12-14H2,1-3H3,(H,21,23)/t16-,17-/m1/s1. The normalized spacial score (nSPS) is 19.2. The number of nitrogens with one attached hydrogen (secondary N) is 1. The van der Waals surface area contributed by atoms with Crippen molar-refractivity contribution in [3.8, 4) is 11.5 Å². The van der Waals surface area contributed by atoms with Crippen LogP contribution in [0.1, 0.15) is 46.0 Å². The highest BCUT2D eigenvalue weighted by atomic mass is 16.5. The van der Waals surface area contributed by atoms with E-state index in [1.54, 1.807) is 20.1 Å². The summed E-state index contributed by atoms with van der Waals surface area (Å²) in [5, 5.41) is 2.98. The highest BCUT2D eigenvalue weighted by Crippen LogP contribution is 2.20. The Labute approximate surface area is 151 Å². The molecule has 1 aromatic rings. The molecule has 0 spiro atoms. The summed E-state index contributed by atoms with van der Waals surface area (Å²) in [6, 6.07) is 8.03. The zero-order chi connectivity index (χ0) is 18.1. The third-order valence-electron chi connectivity index (χ3n) is 4.86. The zero-order valence-electron chi connectivity index (χ0n) is 15.8. The lowest BCUT2D eigenvalue weighted by molar-refractivity contribution is -0.127. The Kier molecular flexibility index (Phi) is 8.06. The number of carbonyl (C=O) groups excluding carboxylic acids is 1. The van der Waals surface area contributed by atoms with Gasteiger partial charge in [-0.05, 0) is 51.3 Å². The van der Waals surface area contributed by atoms with Crippen LogP contribution in [0.25, 0.3) is 0 Å². The number of methoxy groups -OCH3 is 1. The molecule has 0 radical (unpaired) electrons. The van der Waals surface area contributed by atoms with Gasteiger partial charge in [-0.3, -0.25) is 4.79 Å². The molecule has 1 aliphatic rings. The van der Waals surface area contributed by atoms with Crippen LogP contribution in [0.15, 0.2) is 24.3 Å². The number of hydrogen-bond donors (Lipinski definition) is 1. The molecule has 1 aromatic carbocycles. The third kappa shape index (κ3) is 6.24. The fourth-order valence-corrected chi connectivity index (χ4v) is 3.39. The second kappa shape index (κ2) is 10.3. The lowest BCUT2D eigenvalue weighted by Gasteiger charge is -2.35. The number of ether oxygens (including phenoxy) is 2. The number of piperidine rings is 1. The van der Waals surface area contributed by atoms with E-state index in [1.165, 1.54) is 32.2 Å². The second-order valence-corrected chi connectivity index (χ2v) is 6.68. The fraction of sp³-hybridized carbons (Fsp3) is 0.650. The first-order valence-corrected chi connectivity index (χ1v) is 9.46. The Bertz CT molecular complexity index is 535. The highest BCUT2D eigenvalue weighted by Gasteiger charge is 2.20. The fourth-order valence-electron chi connectivity index (χ4n) is 3.39. The predicted molar refractivity (Wildman–Crippen MR) is 100 cm³/mol. The van der Waals surface area contributed by atoms with Crippen molar-refractivity contribution in [1.82, 2.24) is 10.2 Å². The lowest BCUT2D eigenvalue weighted by Crippen LogP contribution is -2.41. The van der Waals surface area contributed by atoms with Crippen molar-refractivity contribution in [3.63, 3.8) is 0 Å². The van der Waals surface area contributed by atoms with E-state index < -0.39 is 6.10 Å². The van der Waals surface area contributed by atoms with Gasteiger partial charge in [0.05, 0.1) is 7.11 Å². The molecule has 1 fully saturated rings. The number of rotatable bonds is 9. The van der Waals surface area contributed by atoms with Crippen LogP contribution in [0, 0.1) is 0 Å². The molecule has 5 heteroatoms. The Morgan fingerprint density at radius 3 is 2.92 bits per heavy atom. The monoisotopic (exact) mass is 348 g/mol. The summed E-state index contributed by atoms with van der Waals surface area (Å²) in [6.45, 7) is 6.98. The van der Waals surface area contributed by atoms with Crippen LogP contribution in [0.3, 0.4) is 0 Å². The van der Waals surface area contributed by atoms with Gasteiger partial charge < -0.3 is 19.7 Å². The van der Waals surface area contributed by atoms with E-state index in [2.05, 4.69) is 17.1 Å². The molecule has 5 nitrogen and oxygen atoms in total. The van der Waals surface area contributed by atoms with Gasteiger partial charge in [0.2, 0.25) is 0 Å². The average molecular weight is 348 g/mol. The molecule has 0 aliphatic carbocycles. The number of amides is 1. The van der Waals surface area contributed by atoms with Gasteiger partial charge in [-0.2, -0.15) is 0 Å². The number of carbonyl (C=O) groups is 1. The van der Waals surface area contributed by atoms with Gasteiger partial charge in [0, 0.05) is 25.2 Å². The molecule has 0 aromatic heterocycles. The summed E-state index contributed by atoms with van der Waals surface area (Å²) in [4.78, 5) is 14.8. The van der Waals surface area contributed by atoms with E-state index >= 15 is 0 Å². The summed E-state index contributed by atoms with van der Waals surface area (Å²) in [5.74, 6) is 1.28. The van der Waals surface area contributed by atoms with Crippen molar-refractivity contribution in [2.75, 3.05) is 26.7 Å². The summed E-state index contributed by atoms with van der Waals surface area (Å²) < 4.78 is 10.9. The van der Waals surface area contributed by atoms with Gasteiger partial charge >= 0.3 is 0 Å². The van der Waals surface area contributed by atoms with Gasteiger partial charge in [0.15, 0.2) is 6.10 Å². The van der Waals surface area contributed by atoms with Crippen LogP contribution in [-0.2, 0) is 4.79 Å². The Morgan fingerprint density at radius 1 is 1.36 bits per heavy atom. The van der Waals surface area contributed by atoms with E-state index in [1.807, 2.05) is 18.2 Å². The zero-order valence-corrected chi connectivity index (χ0v) is 15.8. The molecule has 0 unspecified atom stereocenters. The molecular formula is C20H32N2O3. The molecule has 0 bridgehead atoms. The Hall–Kier alpha value is -1.75. The quantitative estimate of drug-likeness (QED) is 0.696. The maximum atomic E-state index is 12.2. The molecule has 1 aliphatic heterocycles. The smallest absolute Gasteiger partial charge is 0.260 e. The molecular weight excluding hydrogens is 316 g/mol. The van der Waals surface area contributed by atoms with Crippen LogP contribution >= 0.6 is 0 Å². The molecule has 1 saturated heterocycles. The Balaban J connectivity index is 1.68. The van der Waals surface area contributed by atoms with E-state index in [4.69, 9.17) is 9.47 Å². The summed E-state index contributed by atoms with van der Waals surface area (Å²) in [7, 11) is 1.61. The van der Waals surface area contributed by atoms with Crippen molar-refractivity contribution in [2.24, 2.45) is 0 Å². The first-order valence-electron chi connectivity index (χ1n) is 9.46. The molecule has 1 heterocycles. The predicted octanol–water partition coefficient (Wildman–Crippen LogP) is 3.23. The van der Waals surface area contributed by atoms with Crippen LogP contribution in [0.2, 0.25) is 0 Å². The van der Waals surface area contributed by atoms with Crippen LogP contribution < -0.4 is 14.8 Å². The minimum atomic E-state index is -0.523. The minimum Gasteiger partial charge on any atom is -0.497 e. The number of hydrogen-bond acceptors (Lipinski definition) is 4. The van der Waals surface area contributed by atoms with Crippen molar-refractivity contribution in [3.05, 3.63) is 24.3 Å². The second-order valence-electron chi connectivity index (χ2n) is 6.68. The van der Waals surface area contributed by atoms with E-state index in [0.717, 1.165) is 24.8 Å². The number of nitrogens with zero attached hydrogens (tertiary/aromatic N) is 1. The van der Waals surface area contributed by atoms with Crippen molar-refractivity contribution < 1.29 is 14.3 Å². The van der Waals surface area contributed by atoms with Crippen LogP contribution in [0.4, 0.5) is 0 Å². The minimum absolute atomic E-state index is 0.0755. The van der Waals surface area contributed by atoms with Gasteiger partial charge in [-0.1, -0.05) is 19.4 Å². The maximum Gasteiger partial charge on any atom is 0.260 e. The maximum absolute atomic E-state index is 12.2. The molecule has 0 saturated carbocycles. The first-order chi connectivity index (χ1) is 12.1. The van der Waals surface area contributed by atoms with Crippen molar-refractivity contribution >= 4 is 5.91 Å². The summed E-state index contributed by atoms with van der Waals surface area (Å²) >= 11 is 0. The van der Waals surface area contributed by atoms with Gasteiger partial charge in [0.25, 0.3) is 5.91 Å². The lowest BCUT2D eigenvalue weighted by atomic mass is 10.00. The molecule has 140 valence electrons. The van der Waals surface area contributed by atoms with Crippen LogP contribution in [0.5, 0.6) is 11.5 Å². The van der Waals surface area contributed by atoms with Gasteiger partial charge in [-0.25, -0.2) is 0 Å². The largest absolute Gasteiger partial charge is 0.497 e. The van der Waals surface area contributed by atoms with Crippen molar-refractivity contribution in [1.29, 1.82) is 0 Å². The molecule has 25 heavy (non-hydrogen) atoms.